The first kappa shape index (κ1) is 14.6. The highest BCUT2D eigenvalue weighted by Gasteiger charge is 2.16. The summed E-state index contributed by atoms with van der Waals surface area (Å²) in [6, 6.07) is 0. The van der Waals surface area contributed by atoms with Crippen molar-refractivity contribution >= 4 is 17.1 Å². The average molecular weight is 291 g/mol. The normalized spacial score (nSPS) is 10.6. The highest BCUT2D eigenvalue weighted by Crippen LogP contribution is 2.24. The van der Waals surface area contributed by atoms with Crippen LogP contribution in [0.2, 0.25) is 0 Å². The van der Waals surface area contributed by atoms with Crippen LogP contribution in [0.25, 0.3) is 0 Å². The maximum absolute atomic E-state index is 12.2. The first-order valence-corrected chi connectivity index (χ1v) is 7.11. The van der Waals surface area contributed by atoms with Crippen LogP contribution >= 0.6 is 11.3 Å². The number of rotatable bonds is 5. The molecule has 2 N–H and O–H groups in total. The molecule has 0 aromatic carbocycles. The van der Waals surface area contributed by atoms with Crippen molar-refractivity contribution in [3.05, 3.63) is 39.1 Å². The lowest BCUT2D eigenvalue weighted by molar-refractivity contribution is 0.0987. The number of pyridine rings is 1. The lowest BCUT2D eigenvalue weighted by atomic mass is 10.1. The zero-order valence-electron chi connectivity index (χ0n) is 11.8. The summed E-state index contributed by atoms with van der Waals surface area (Å²) in [7, 11) is 1.62. The lowest BCUT2D eigenvalue weighted by Gasteiger charge is -2.11. The van der Waals surface area contributed by atoms with Crippen molar-refractivity contribution in [1.82, 2.24) is 9.97 Å². The van der Waals surface area contributed by atoms with Crippen molar-refractivity contribution in [2.75, 3.05) is 7.11 Å². The van der Waals surface area contributed by atoms with Gasteiger partial charge in [0.05, 0.1) is 19.2 Å². The summed E-state index contributed by atoms with van der Waals surface area (Å²) in [5.74, 6) is 0.728. The predicted octanol–water partition coefficient (Wildman–Crippen LogP) is 2.05. The Morgan fingerprint density at radius 2 is 2.20 bits per heavy atom. The van der Waals surface area contributed by atoms with Crippen LogP contribution in [-0.4, -0.2) is 22.9 Å². The molecule has 0 amide bonds. The number of carbonyl (C=O) groups is 1. The van der Waals surface area contributed by atoms with E-state index in [2.05, 4.69) is 9.97 Å². The van der Waals surface area contributed by atoms with E-state index in [4.69, 9.17) is 10.5 Å². The van der Waals surface area contributed by atoms with Crippen molar-refractivity contribution in [1.29, 1.82) is 0 Å². The third-order valence-corrected chi connectivity index (χ3v) is 3.96. The van der Waals surface area contributed by atoms with Gasteiger partial charge in [0.15, 0.2) is 5.78 Å². The number of Topliss-reactive ketones (excluding diaryl/α,β-unsaturated/α-hetero) is 1. The van der Waals surface area contributed by atoms with Gasteiger partial charge in [-0.15, -0.1) is 11.3 Å². The fraction of sp³-hybridized carbons (Fsp3) is 0.357. The Hall–Kier alpha value is -1.79. The maximum atomic E-state index is 12.2. The summed E-state index contributed by atoms with van der Waals surface area (Å²) < 4.78 is 5.34. The van der Waals surface area contributed by atoms with E-state index in [-0.39, 0.29) is 12.2 Å². The van der Waals surface area contributed by atoms with Crippen LogP contribution in [0.15, 0.2) is 11.6 Å². The van der Waals surface area contributed by atoms with Crippen molar-refractivity contribution in [3.8, 4) is 5.75 Å². The number of hydrogen-bond donors (Lipinski definition) is 1. The van der Waals surface area contributed by atoms with E-state index in [0.29, 0.717) is 12.2 Å². The van der Waals surface area contributed by atoms with Gasteiger partial charge < -0.3 is 10.5 Å². The molecular weight excluding hydrogens is 274 g/mol. The van der Waals surface area contributed by atoms with E-state index < -0.39 is 0 Å². The molecule has 0 unspecified atom stereocenters. The van der Waals surface area contributed by atoms with Gasteiger partial charge in [0.2, 0.25) is 0 Å². The van der Waals surface area contributed by atoms with E-state index in [1.165, 1.54) is 11.3 Å². The van der Waals surface area contributed by atoms with Crippen molar-refractivity contribution in [3.63, 3.8) is 0 Å². The molecule has 2 rings (SSSR count). The Bertz CT molecular complexity index is 637. The van der Waals surface area contributed by atoms with Gasteiger partial charge in [0, 0.05) is 29.2 Å². The Labute approximate surface area is 121 Å². The van der Waals surface area contributed by atoms with Crippen LogP contribution < -0.4 is 10.5 Å². The van der Waals surface area contributed by atoms with Crippen molar-refractivity contribution < 1.29 is 9.53 Å². The van der Waals surface area contributed by atoms with Crippen molar-refractivity contribution in [2.45, 2.75) is 26.8 Å². The molecule has 0 radical (unpaired) electrons. The summed E-state index contributed by atoms with van der Waals surface area (Å²) in [5, 5.41) is 2.50. The minimum Gasteiger partial charge on any atom is -0.496 e. The molecule has 0 bridgehead atoms. The summed E-state index contributed by atoms with van der Waals surface area (Å²) in [6.07, 6.45) is 1.94. The van der Waals surface area contributed by atoms with E-state index in [1.807, 2.05) is 13.8 Å². The number of carbonyl (C=O) groups excluding carboxylic acids is 1. The Morgan fingerprint density at radius 1 is 1.45 bits per heavy atom. The quantitative estimate of drug-likeness (QED) is 0.853. The first-order chi connectivity index (χ1) is 9.56. The van der Waals surface area contributed by atoms with Crippen LogP contribution in [0.4, 0.5) is 0 Å². The van der Waals surface area contributed by atoms with Crippen LogP contribution in [-0.2, 0) is 13.0 Å². The van der Waals surface area contributed by atoms with Gasteiger partial charge in [0.1, 0.15) is 16.5 Å². The molecule has 0 aliphatic heterocycles. The molecule has 6 heteroatoms. The summed E-state index contributed by atoms with van der Waals surface area (Å²) >= 11 is 1.40. The molecule has 0 atom stereocenters. The van der Waals surface area contributed by atoms with Crippen LogP contribution in [0.3, 0.4) is 0 Å². The molecule has 20 heavy (non-hydrogen) atoms. The van der Waals surface area contributed by atoms with Gasteiger partial charge in [-0.3, -0.25) is 9.78 Å². The predicted molar refractivity (Wildman–Crippen MR) is 78.3 cm³/mol. The van der Waals surface area contributed by atoms with Crippen molar-refractivity contribution in [2.24, 2.45) is 5.73 Å². The topological polar surface area (TPSA) is 78.1 Å². The highest BCUT2D eigenvalue weighted by atomic mass is 32.1. The summed E-state index contributed by atoms with van der Waals surface area (Å²) in [6.45, 7) is 4.19. The molecule has 106 valence electrons. The standard InChI is InChI=1S/C14H17N3O2S/c1-8-6-16-10(9(2)14(8)19-3)4-12(18)11-7-20-13(5-15)17-11/h6-7H,4-5,15H2,1-3H3. The molecule has 5 nitrogen and oxygen atoms in total. The van der Waals surface area contributed by atoms with Gasteiger partial charge >= 0.3 is 0 Å². The fourth-order valence-corrected chi connectivity index (χ4v) is 2.70. The fourth-order valence-electron chi connectivity index (χ4n) is 2.02. The second-order valence-electron chi connectivity index (χ2n) is 4.48. The number of methoxy groups -OCH3 is 1. The number of aryl methyl sites for hydroxylation is 1. The molecule has 2 aromatic rings. The van der Waals surface area contributed by atoms with Crippen LogP contribution in [0.5, 0.6) is 5.75 Å². The highest BCUT2D eigenvalue weighted by molar-refractivity contribution is 7.09. The summed E-state index contributed by atoms with van der Waals surface area (Å²) in [5.41, 5.74) is 8.54. The van der Waals surface area contributed by atoms with Gasteiger partial charge in [-0.25, -0.2) is 4.98 Å². The van der Waals surface area contributed by atoms with Gasteiger partial charge in [-0.05, 0) is 13.8 Å². The zero-order chi connectivity index (χ0) is 14.7. The number of hydrogen-bond acceptors (Lipinski definition) is 6. The maximum Gasteiger partial charge on any atom is 0.187 e. The monoisotopic (exact) mass is 291 g/mol. The smallest absolute Gasteiger partial charge is 0.187 e. The average Bonchev–Trinajstić information content (AvgIpc) is 2.91. The number of ether oxygens (including phenoxy) is 1. The molecule has 2 heterocycles. The largest absolute Gasteiger partial charge is 0.496 e. The molecule has 2 aromatic heterocycles. The second kappa shape index (κ2) is 6.11. The molecule has 0 fully saturated rings. The number of thiazole rings is 1. The van der Waals surface area contributed by atoms with E-state index >= 15 is 0 Å². The Morgan fingerprint density at radius 3 is 2.80 bits per heavy atom. The van der Waals surface area contributed by atoms with Gasteiger partial charge in [-0.1, -0.05) is 0 Å². The molecule has 0 aliphatic rings. The third-order valence-electron chi connectivity index (χ3n) is 3.09. The number of nitrogens with zero attached hydrogens (tertiary/aromatic N) is 2. The minimum atomic E-state index is -0.0533. The third kappa shape index (κ3) is 2.86. The number of ketones is 1. The summed E-state index contributed by atoms with van der Waals surface area (Å²) in [4.78, 5) is 20.7. The van der Waals surface area contributed by atoms with Crippen LogP contribution in [0.1, 0.15) is 32.3 Å². The van der Waals surface area contributed by atoms with E-state index in [9.17, 15) is 4.79 Å². The van der Waals surface area contributed by atoms with E-state index in [1.54, 1.807) is 18.7 Å². The molecule has 0 spiro atoms. The van der Waals surface area contributed by atoms with Gasteiger partial charge in [0.25, 0.3) is 0 Å². The molecule has 0 saturated heterocycles. The SMILES string of the molecule is COc1c(C)cnc(CC(=O)c2csc(CN)n2)c1C. The van der Waals surface area contributed by atoms with Crippen LogP contribution in [0, 0.1) is 13.8 Å². The van der Waals surface area contributed by atoms with Gasteiger partial charge in [-0.2, -0.15) is 0 Å². The molecular formula is C14H17N3O2S. The molecule has 0 saturated carbocycles. The second-order valence-corrected chi connectivity index (χ2v) is 5.42. The number of nitrogens with two attached hydrogens (primary N) is 1. The Balaban J connectivity index is 2.23. The minimum absolute atomic E-state index is 0.0533. The zero-order valence-corrected chi connectivity index (χ0v) is 12.6. The van der Waals surface area contributed by atoms with E-state index in [0.717, 1.165) is 27.6 Å². The molecule has 0 aliphatic carbocycles. The number of aromatic nitrogens is 2. The first-order valence-electron chi connectivity index (χ1n) is 6.23. The Kier molecular flexibility index (Phi) is 4.46. The lowest BCUT2D eigenvalue weighted by Crippen LogP contribution is -2.09.